The van der Waals surface area contributed by atoms with Crippen molar-refractivity contribution in [2.45, 2.75) is 5.60 Å². The van der Waals surface area contributed by atoms with E-state index in [9.17, 15) is 4.79 Å². The highest BCUT2D eigenvalue weighted by molar-refractivity contribution is 5.67. The molecule has 0 aliphatic carbocycles. The van der Waals surface area contributed by atoms with Crippen molar-refractivity contribution >= 4 is 5.97 Å². The van der Waals surface area contributed by atoms with Crippen molar-refractivity contribution < 1.29 is 33.6 Å². The fourth-order valence-electron chi connectivity index (χ4n) is 3.84. The molecule has 7 nitrogen and oxygen atoms in total. The van der Waals surface area contributed by atoms with Gasteiger partial charge in [0.25, 0.3) is 0 Å². The summed E-state index contributed by atoms with van der Waals surface area (Å²) in [7, 11) is 0. The molecule has 0 aliphatic rings. The van der Waals surface area contributed by atoms with E-state index in [-0.39, 0.29) is 13.2 Å². The second kappa shape index (κ2) is 15.8. The normalized spacial score (nSPS) is 11.4. The van der Waals surface area contributed by atoms with E-state index in [0.29, 0.717) is 46.2 Å². The summed E-state index contributed by atoms with van der Waals surface area (Å²) in [5.74, 6) is -0.991. The molecule has 7 heteroatoms. The van der Waals surface area contributed by atoms with Gasteiger partial charge >= 0.3 is 5.97 Å². The zero-order valence-electron chi connectivity index (χ0n) is 20.4. The molecule has 0 aromatic heterocycles. The van der Waals surface area contributed by atoms with E-state index in [2.05, 4.69) is 36.4 Å². The number of ether oxygens (including phenoxy) is 5. The molecular formula is C29H34O7. The van der Waals surface area contributed by atoms with Crippen LogP contribution in [0.15, 0.2) is 91.0 Å². The maximum atomic E-state index is 10.3. The lowest BCUT2D eigenvalue weighted by atomic mass is 9.80. The lowest BCUT2D eigenvalue weighted by molar-refractivity contribution is -0.142. The highest BCUT2D eigenvalue weighted by atomic mass is 16.6. The number of carboxylic acids is 1. The maximum absolute atomic E-state index is 10.3. The van der Waals surface area contributed by atoms with E-state index >= 15 is 0 Å². The van der Waals surface area contributed by atoms with E-state index in [1.165, 1.54) is 0 Å². The molecule has 192 valence electrons. The van der Waals surface area contributed by atoms with Crippen LogP contribution >= 0.6 is 0 Å². The first-order chi connectivity index (χ1) is 17.7. The van der Waals surface area contributed by atoms with Crippen molar-refractivity contribution in [2.24, 2.45) is 0 Å². The number of rotatable bonds is 18. The first-order valence-corrected chi connectivity index (χ1v) is 12.1. The first-order valence-electron chi connectivity index (χ1n) is 12.1. The van der Waals surface area contributed by atoms with Crippen LogP contribution in [0.25, 0.3) is 0 Å². The second-order valence-electron chi connectivity index (χ2n) is 7.91. The van der Waals surface area contributed by atoms with Crippen LogP contribution in [0.4, 0.5) is 0 Å². The number of hydrogen-bond acceptors (Lipinski definition) is 6. The van der Waals surface area contributed by atoms with Crippen molar-refractivity contribution in [2.75, 3.05) is 59.5 Å². The molecule has 0 saturated heterocycles. The molecule has 0 fully saturated rings. The minimum absolute atomic E-state index is 0.242. The molecule has 0 radical (unpaired) electrons. The van der Waals surface area contributed by atoms with Crippen molar-refractivity contribution in [3.8, 4) is 0 Å². The van der Waals surface area contributed by atoms with Gasteiger partial charge in [0.15, 0.2) is 0 Å². The predicted octanol–water partition coefficient (Wildman–Crippen LogP) is 4.15. The van der Waals surface area contributed by atoms with Gasteiger partial charge in [0, 0.05) is 0 Å². The van der Waals surface area contributed by atoms with Gasteiger partial charge in [0.05, 0.1) is 52.9 Å². The van der Waals surface area contributed by atoms with Gasteiger partial charge in [-0.05, 0) is 16.7 Å². The Bertz CT molecular complexity index is 884. The second-order valence-corrected chi connectivity index (χ2v) is 7.91. The zero-order chi connectivity index (χ0) is 25.3. The van der Waals surface area contributed by atoms with E-state index in [0.717, 1.165) is 16.7 Å². The summed E-state index contributed by atoms with van der Waals surface area (Å²) < 4.78 is 28.1. The fourth-order valence-corrected chi connectivity index (χ4v) is 3.84. The summed E-state index contributed by atoms with van der Waals surface area (Å²) in [4.78, 5) is 10.3. The Morgan fingerprint density at radius 2 is 0.861 bits per heavy atom. The molecule has 0 unspecified atom stereocenters. The molecule has 3 rings (SSSR count). The summed E-state index contributed by atoms with van der Waals surface area (Å²) in [6, 6.07) is 30.7. The monoisotopic (exact) mass is 494 g/mol. The average molecular weight is 495 g/mol. The number of benzene rings is 3. The first kappa shape index (κ1) is 27.5. The van der Waals surface area contributed by atoms with Crippen molar-refractivity contribution in [3.63, 3.8) is 0 Å². The Morgan fingerprint density at radius 1 is 0.528 bits per heavy atom. The van der Waals surface area contributed by atoms with Gasteiger partial charge in [-0.3, -0.25) is 0 Å². The largest absolute Gasteiger partial charge is 0.480 e. The summed E-state index contributed by atoms with van der Waals surface area (Å²) in [6.07, 6.45) is 0. The van der Waals surface area contributed by atoms with Crippen LogP contribution in [-0.4, -0.2) is 70.5 Å². The molecule has 1 N–H and O–H groups in total. The third-order valence-electron chi connectivity index (χ3n) is 5.43. The van der Waals surface area contributed by atoms with Gasteiger partial charge in [-0.15, -0.1) is 0 Å². The zero-order valence-corrected chi connectivity index (χ0v) is 20.4. The Kier molecular flexibility index (Phi) is 12.1. The molecule has 3 aromatic carbocycles. The summed E-state index contributed by atoms with van der Waals surface area (Å²) in [6.45, 7) is 2.81. The summed E-state index contributed by atoms with van der Waals surface area (Å²) in [5, 5.41) is 8.48. The topological polar surface area (TPSA) is 83.5 Å². The van der Waals surface area contributed by atoms with Gasteiger partial charge in [0.2, 0.25) is 0 Å². The molecule has 36 heavy (non-hydrogen) atoms. The van der Waals surface area contributed by atoms with Crippen LogP contribution < -0.4 is 0 Å². The van der Waals surface area contributed by atoms with E-state index in [4.69, 9.17) is 28.8 Å². The fraction of sp³-hybridized carbons (Fsp3) is 0.345. The minimum atomic E-state index is -0.991. The molecular weight excluding hydrogens is 460 g/mol. The quantitative estimate of drug-likeness (QED) is 0.210. The van der Waals surface area contributed by atoms with Gasteiger partial charge < -0.3 is 28.8 Å². The van der Waals surface area contributed by atoms with Gasteiger partial charge in [-0.1, -0.05) is 91.0 Å². The molecule has 0 amide bonds. The van der Waals surface area contributed by atoms with Gasteiger partial charge in [0.1, 0.15) is 12.2 Å². The van der Waals surface area contributed by atoms with Crippen LogP contribution in [-0.2, 0) is 34.1 Å². The Hall–Kier alpha value is -3.07. The lowest BCUT2D eigenvalue weighted by Crippen LogP contribution is -2.34. The minimum Gasteiger partial charge on any atom is -0.480 e. The predicted molar refractivity (Wildman–Crippen MR) is 136 cm³/mol. The molecule has 0 aliphatic heterocycles. The molecule has 0 bridgehead atoms. The number of aliphatic carboxylic acids is 1. The SMILES string of the molecule is O=C(O)COCCOCCOCCOCCOC(c1ccccc1)(c1ccccc1)c1ccccc1. The maximum Gasteiger partial charge on any atom is 0.329 e. The highest BCUT2D eigenvalue weighted by Crippen LogP contribution is 2.40. The van der Waals surface area contributed by atoms with Crippen LogP contribution in [0.2, 0.25) is 0 Å². The van der Waals surface area contributed by atoms with Crippen LogP contribution in [0, 0.1) is 0 Å². The third kappa shape index (κ3) is 8.55. The van der Waals surface area contributed by atoms with Crippen LogP contribution in [0.5, 0.6) is 0 Å². The Labute approximate surface area is 212 Å². The Morgan fingerprint density at radius 3 is 1.22 bits per heavy atom. The lowest BCUT2D eigenvalue weighted by Gasteiger charge is -2.36. The number of hydrogen-bond donors (Lipinski definition) is 1. The van der Waals surface area contributed by atoms with Gasteiger partial charge in [-0.2, -0.15) is 0 Å². The van der Waals surface area contributed by atoms with Crippen molar-refractivity contribution in [1.29, 1.82) is 0 Å². The number of carboxylic acid groups (broad SMARTS) is 1. The standard InChI is InChI=1S/C29H34O7/c30-28(31)24-35-21-20-33-17-16-32-18-19-34-22-23-36-29(25-10-4-1-5-11-25,26-12-6-2-7-13-26)27-14-8-3-9-15-27/h1-15H,16-24H2,(H,30,31). The molecule has 0 atom stereocenters. The van der Waals surface area contributed by atoms with E-state index in [1.54, 1.807) is 0 Å². The van der Waals surface area contributed by atoms with E-state index in [1.807, 2.05) is 54.6 Å². The molecule has 0 spiro atoms. The highest BCUT2D eigenvalue weighted by Gasteiger charge is 2.37. The summed E-state index contributed by atoms with van der Waals surface area (Å²) in [5.41, 5.74) is 2.41. The molecule has 0 saturated carbocycles. The number of carbonyl (C=O) groups is 1. The third-order valence-corrected chi connectivity index (χ3v) is 5.43. The summed E-state index contributed by atoms with van der Waals surface area (Å²) >= 11 is 0. The molecule has 0 heterocycles. The Balaban J connectivity index is 1.46. The van der Waals surface area contributed by atoms with Crippen LogP contribution in [0.1, 0.15) is 16.7 Å². The van der Waals surface area contributed by atoms with Crippen molar-refractivity contribution in [1.82, 2.24) is 0 Å². The average Bonchev–Trinajstić information content (AvgIpc) is 2.92. The van der Waals surface area contributed by atoms with Crippen molar-refractivity contribution in [3.05, 3.63) is 108 Å². The van der Waals surface area contributed by atoms with Crippen LogP contribution in [0.3, 0.4) is 0 Å². The smallest absolute Gasteiger partial charge is 0.329 e. The van der Waals surface area contributed by atoms with Gasteiger partial charge in [-0.25, -0.2) is 4.79 Å². The van der Waals surface area contributed by atoms with E-state index < -0.39 is 11.6 Å². The molecule has 3 aromatic rings.